The van der Waals surface area contributed by atoms with Gasteiger partial charge < -0.3 is 14.5 Å². The number of aromatic nitrogens is 2. The van der Waals surface area contributed by atoms with Crippen LogP contribution in [0.5, 0.6) is 0 Å². The molecular formula is C22H35N5O2. The second-order valence-corrected chi connectivity index (χ2v) is 8.95. The molecule has 0 bridgehead atoms. The van der Waals surface area contributed by atoms with Crippen LogP contribution in [0.2, 0.25) is 0 Å². The second-order valence-electron chi connectivity index (χ2n) is 8.95. The third kappa shape index (κ3) is 4.72. The summed E-state index contributed by atoms with van der Waals surface area (Å²) in [6, 6.07) is 0.580. The minimum Gasteiger partial charge on any atom is -0.378 e. The molecule has 0 radical (unpaired) electrons. The highest BCUT2D eigenvalue weighted by molar-refractivity contribution is 5.79. The van der Waals surface area contributed by atoms with Crippen molar-refractivity contribution in [3.8, 4) is 0 Å². The van der Waals surface area contributed by atoms with Gasteiger partial charge in [0.1, 0.15) is 12.1 Å². The SMILES string of the molecule is CC(C)c1cncnc1N1CCC(N2CCC[C@H](C(=O)N3CCOCC3)C2)CC1. The van der Waals surface area contributed by atoms with E-state index in [-0.39, 0.29) is 5.92 Å². The van der Waals surface area contributed by atoms with Gasteiger partial charge >= 0.3 is 0 Å². The van der Waals surface area contributed by atoms with Crippen molar-refractivity contribution in [2.75, 3.05) is 57.4 Å². The van der Waals surface area contributed by atoms with Gasteiger partial charge in [-0.2, -0.15) is 0 Å². The minimum atomic E-state index is 0.161. The molecular weight excluding hydrogens is 366 g/mol. The molecule has 0 N–H and O–H groups in total. The Morgan fingerprint density at radius 2 is 1.86 bits per heavy atom. The molecule has 4 heterocycles. The molecule has 1 aromatic rings. The van der Waals surface area contributed by atoms with Crippen molar-refractivity contribution in [3.63, 3.8) is 0 Å². The van der Waals surface area contributed by atoms with Crippen LogP contribution in [0.4, 0.5) is 5.82 Å². The van der Waals surface area contributed by atoms with E-state index in [0.717, 1.165) is 70.8 Å². The zero-order valence-corrected chi connectivity index (χ0v) is 17.9. The van der Waals surface area contributed by atoms with Crippen molar-refractivity contribution in [2.45, 2.75) is 51.5 Å². The van der Waals surface area contributed by atoms with Gasteiger partial charge in [-0.15, -0.1) is 0 Å². The average Bonchev–Trinajstić information content (AvgIpc) is 2.79. The lowest BCUT2D eigenvalue weighted by atomic mass is 9.92. The summed E-state index contributed by atoms with van der Waals surface area (Å²) in [6.07, 6.45) is 8.07. The predicted molar refractivity (Wildman–Crippen MR) is 113 cm³/mol. The highest BCUT2D eigenvalue weighted by Crippen LogP contribution is 2.29. The Bertz CT molecular complexity index is 684. The van der Waals surface area contributed by atoms with Crippen molar-refractivity contribution in [1.29, 1.82) is 0 Å². The number of morpholine rings is 1. The molecule has 0 aliphatic carbocycles. The number of rotatable bonds is 4. The molecule has 1 atom stereocenters. The van der Waals surface area contributed by atoms with Gasteiger partial charge in [-0.1, -0.05) is 13.8 Å². The van der Waals surface area contributed by atoms with Crippen molar-refractivity contribution in [1.82, 2.24) is 19.8 Å². The summed E-state index contributed by atoms with van der Waals surface area (Å²) in [4.78, 5) is 28.8. The van der Waals surface area contributed by atoms with Gasteiger partial charge in [-0.25, -0.2) is 9.97 Å². The van der Waals surface area contributed by atoms with E-state index in [2.05, 4.69) is 33.6 Å². The van der Waals surface area contributed by atoms with Gasteiger partial charge in [0.2, 0.25) is 5.91 Å². The zero-order chi connectivity index (χ0) is 20.2. The summed E-state index contributed by atoms with van der Waals surface area (Å²) >= 11 is 0. The summed E-state index contributed by atoms with van der Waals surface area (Å²) in [6.45, 7) is 11.4. The van der Waals surface area contributed by atoms with Crippen LogP contribution in [-0.4, -0.2) is 84.2 Å². The molecule has 160 valence electrons. The Kier molecular flexibility index (Phi) is 6.65. The quantitative estimate of drug-likeness (QED) is 0.770. The van der Waals surface area contributed by atoms with E-state index in [1.54, 1.807) is 6.33 Å². The number of hydrogen-bond acceptors (Lipinski definition) is 6. The number of piperidine rings is 2. The fraction of sp³-hybridized carbons (Fsp3) is 0.773. The maximum atomic E-state index is 12.9. The minimum absolute atomic E-state index is 0.161. The van der Waals surface area contributed by atoms with Crippen LogP contribution in [0.25, 0.3) is 0 Å². The number of anilines is 1. The Morgan fingerprint density at radius 1 is 1.10 bits per heavy atom. The first-order chi connectivity index (χ1) is 14.1. The maximum absolute atomic E-state index is 12.9. The van der Waals surface area contributed by atoms with Crippen LogP contribution in [0.1, 0.15) is 51.0 Å². The zero-order valence-electron chi connectivity index (χ0n) is 17.9. The highest BCUT2D eigenvalue weighted by atomic mass is 16.5. The number of ether oxygens (including phenoxy) is 1. The lowest BCUT2D eigenvalue weighted by molar-refractivity contribution is -0.141. The standard InChI is InChI=1S/C22H35N5O2/c1-17(2)20-14-23-16-24-21(20)25-8-5-19(6-9-25)27-7-3-4-18(15-27)22(28)26-10-12-29-13-11-26/h14,16-19H,3-13,15H2,1-2H3/t18-/m0/s1. The molecule has 0 aromatic carbocycles. The number of likely N-dealkylation sites (tertiary alicyclic amines) is 1. The van der Waals surface area contributed by atoms with Crippen molar-refractivity contribution < 1.29 is 9.53 Å². The van der Waals surface area contributed by atoms with Gasteiger partial charge in [0, 0.05) is 50.5 Å². The van der Waals surface area contributed by atoms with E-state index in [1.807, 2.05) is 11.1 Å². The summed E-state index contributed by atoms with van der Waals surface area (Å²) < 4.78 is 5.41. The number of carbonyl (C=O) groups excluding carboxylic acids is 1. The van der Waals surface area contributed by atoms with Gasteiger partial charge in [-0.3, -0.25) is 9.69 Å². The molecule has 7 heteroatoms. The number of amides is 1. The first-order valence-corrected chi connectivity index (χ1v) is 11.3. The second kappa shape index (κ2) is 9.39. The Morgan fingerprint density at radius 3 is 2.59 bits per heavy atom. The third-order valence-corrected chi connectivity index (χ3v) is 6.75. The fourth-order valence-corrected chi connectivity index (χ4v) is 5.03. The molecule has 4 rings (SSSR count). The Balaban J connectivity index is 1.33. The van der Waals surface area contributed by atoms with E-state index in [4.69, 9.17) is 4.74 Å². The third-order valence-electron chi connectivity index (χ3n) is 6.75. The van der Waals surface area contributed by atoms with Crippen molar-refractivity contribution >= 4 is 11.7 Å². The maximum Gasteiger partial charge on any atom is 0.227 e. The molecule has 29 heavy (non-hydrogen) atoms. The van der Waals surface area contributed by atoms with E-state index in [1.165, 1.54) is 5.56 Å². The summed E-state index contributed by atoms with van der Waals surface area (Å²) in [7, 11) is 0. The molecule has 1 aromatic heterocycles. The van der Waals surface area contributed by atoms with Crippen molar-refractivity contribution in [2.24, 2.45) is 5.92 Å². The topological polar surface area (TPSA) is 61.8 Å². The smallest absolute Gasteiger partial charge is 0.227 e. The molecule has 0 saturated carbocycles. The predicted octanol–water partition coefficient (Wildman–Crippen LogP) is 2.14. The molecule has 3 saturated heterocycles. The van der Waals surface area contributed by atoms with Gasteiger partial charge in [-0.05, 0) is 38.1 Å². The summed E-state index contributed by atoms with van der Waals surface area (Å²) in [5, 5.41) is 0. The lowest BCUT2D eigenvalue weighted by Gasteiger charge is -2.43. The number of hydrogen-bond donors (Lipinski definition) is 0. The van der Waals surface area contributed by atoms with Crippen LogP contribution in [0, 0.1) is 5.92 Å². The molecule has 0 unspecified atom stereocenters. The molecule has 3 fully saturated rings. The first kappa shape index (κ1) is 20.5. The summed E-state index contributed by atoms with van der Waals surface area (Å²) in [5.41, 5.74) is 1.24. The van der Waals surface area contributed by atoms with Gasteiger partial charge in [0.15, 0.2) is 0 Å². The molecule has 7 nitrogen and oxygen atoms in total. The Labute approximate surface area is 174 Å². The van der Waals surface area contributed by atoms with Gasteiger partial charge in [0.25, 0.3) is 0 Å². The highest BCUT2D eigenvalue weighted by Gasteiger charge is 2.34. The monoisotopic (exact) mass is 401 g/mol. The molecule has 1 amide bonds. The molecule has 0 spiro atoms. The average molecular weight is 402 g/mol. The van der Waals surface area contributed by atoms with Crippen molar-refractivity contribution in [3.05, 3.63) is 18.1 Å². The lowest BCUT2D eigenvalue weighted by Crippen LogP contribution is -2.52. The van der Waals surface area contributed by atoms with Crippen LogP contribution in [-0.2, 0) is 9.53 Å². The van der Waals surface area contributed by atoms with Crippen LogP contribution >= 0.6 is 0 Å². The van der Waals surface area contributed by atoms with E-state index < -0.39 is 0 Å². The normalized spacial score (nSPS) is 24.9. The summed E-state index contributed by atoms with van der Waals surface area (Å²) in [5.74, 6) is 2.04. The van der Waals surface area contributed by atoms with E-state index in [9.17, 15) is 4.79 Å². The van der Waals surface area contributed by atoms with E-state index >= 15 is 0 Å². The number of carbonyl (C=O) groups is 1. The number of nitrogens with zero attached hydrogens (tertiary/aromatic N) is 5. The van der Waals surface area contributed by atoms with Crippen LogP contribution in [0.15, 0.2) is 12.5 Å². The van der Waals surface area contributed by atoms with Crippen LogP contribution in [0.3, 0.4) is 0 Å². The first-order valence-electron chi connectivity index (χ1n) is 11.3. The Hall–Kier alpha value is -1.73. The molecule has 3 aliphatic heterocycles. The molecule has 3 aliphatic rings. The van der Waals surface area contributed by atoms with Gasteiger partial charge in [0.05, 0.1) is 19.1 Å². The van der Waals surface area contributed by atoms with Crippen LogP contribution < -0.4 is 4.90 Å². The largest absolute Gasteiger partial charge is 0.378 e. The van der Waals surface area contributed by atoms with E-state index in [0.29, 0.717) is 31.1 Å². The fourth-order valence-electron chi connectivity index (χ4n) is 5.03.